The zero-order valence-electron chi connectivity index (χ0n) is 23.3. The van der Waals surface area contributed by atoms with Crippen molar-refractivity contribution in [3.63, 3.8) is 0 Å². The van der Waals surface area contributed by atoms with Crippen LogP contribution in [-0.4, -0.2) is 48.6 Å². The topological polar surface area (TPSA) is 96.1 Å². The number of ether oxygens (including phenoxy) is 2. The van der Waals surface area contributed by atoms with Crippen molar-refractivity contribution in [1.82, 2.24) is 24.3 Å². The molecule has 1 N–H and O–H groups in total. The highest BCUT2D eigenvalue weighted by Crippen LogP contribution is 2.40. The molecule has 3 aromatic heterocycles. The van der Waals surface area contributed by atoms with E-state index in [4.69, 9.17) is 21.3 Å². The van der Waals surface area contributed by atoms with Gasteiger partial charge in [-0.3, -0.25) is 14.5 Å². The van der Waals surface area contributed by atoms with Gasteiger partial charge in [0, 0.05) is 63.9 Å². The second-order valence-corrected chi connectivity index (χ2v) is 11.3. The summed E-state index contributed by atoms with van der Waals surface area (Å²) < 4.78 is 78.0. The van der Waals surface area contributed by atoms with Crippen LogP contribution in [0.15, 0.2) is 54.9 Å². The highest BCUT2D eigenvalue weighted by Gasteiger charge is 2.32. The summed E-state index contributed by atoms with van der Waals surface area (Å²) in [7, 11) is 0. The lowest BCUT2D eigenvalue weighted by molar-refractivity contribution is -0.142. The van der Waals surface area contributed by atoms with E-state index in [1.807, 2.05) is 13.0 Å². The zero-order valence-corrected chi connectivity index (χ0v) is 24.1. The second-order valence-electron chi connectivity index (χ2n) is 10.9. The molecule has 232 valence electrons. The molecule has 0 bridgehead atoms. The fourth-order valence-electron chi connectivity index (χ4n) is 5.80. The quantitative estimate of drug-likeness (QED) is 0.156. The van der Waals surface area contributed by atoms with Crippen LogP contribution >= 0.6 is 11.6 Å². The molecule has 1 atom stereocenters. The van der Waals surface area contributed by atoms with Crippen LogP contribution in [0.2, 0.25) is 0 Å². The first-order valence-electron chi connectivity index (χ1n) is 13.7. The molecule has 0 unspecified atom stereocenters. The van der Waals surface area contributed by atoms with Crippen LogP contribution in [0.1, 0.15) is 40.4 Å². The molecule has 7 rings (SSSR count). The SMILES string of the molecule is C[C@@H]1COCc2nc3cc(C(=O)Nc4ccc(OC(F)(F)Cl)cc4)cc(-c4cnc5c(c4)-c4nn(CC(F)(F)F)cc4C5)c3n21. The van der Waals surface area contributed by atoms with Gasteiger partial charge in [0.15, 0.2) is 0 Å². The van der Waals surface area contributed by atoms with Crippen molar-refractivity contribution in [2.45, 2.75) is 44.3 Å². The Morgan fingerprint density at radius 1 is 1.13 bits per heavy atom. The van der Waals surface area contributed by atoms with E-state index >= 15 is 0 Å². The number of alkyl halides is 6. The molecule has 4 heterocycles. The maximum Gasteiger partial charge on any atom is 0.487 e. The molecule has 1 amide bonds. The molecule has 1 aliphatic heterocycles. The highest BCUT2D eigenvalue weighted by atomic mass is 35.5. The molecule has 0 fully saturated rings. The number of halogens is 6. The number of amides is 1. The van der Waals surface area contributed by atoms with Crippen LogP contribution in [0.4, 0.5) is 27.6 Å². The fourth-order valence-corrected chi connectivity index (χ4v) is 5.89. The number of carbonyl (C=O) groups is 1. The third-order valence-electron chi connectivity index (χ3n) is 7.57. The summed E-state index contributed by atoms with van der Waals surface area (Å²) in [6, 6.07) is 10.4. The largest absolute Gasteiger partial charge is 0.487 e. The monoisotopic (exact) mass is 644 g/mol. The van der Waals surface area contributed by atoms with Gasteiger partial charge in [-0.25, -0.2) is 4.98 Å². The Kier molecular flexibility index (Phi) is 6.82. The summed E-state index contributed by atoms with van der Waals surface area (Å²) in [5.41, 5.74) is 1.64. The molecule has 2 aromatic carbocycles. The van der Waals surface area contributed by atoms with Crippen molar-refractivity contribution < 1.29 is 36.2 Å². The van der Waals surface area contributed by atoms with Crippen LogP contribution in [0.25, 0.3) is 33.4 Å². The van der Waals surface area contributed by atoms with Gasteiger partial charge >= 0.3 is 11.7 Å². The predicted molar refractivity (Wildman–Crippen MR) is 153 cm³/mol. The minimum atomic E-state index is -4.41. The van der Waals surface area contributed by atoms with Crippen molar-refractivity contribution in [1.29, 1.82) is 0 Å². The number of hydrogen-bond donors (Lipinski definition) is 1. The van der Waals surface area contributed by atoms with Gasteiger partial charge in [0.2, 0.25) is 0 Å². The molecule has 0 saturated heterocycles. The first-order chi connectivity index (χ1) is 21.3. The van der Waals surface area contributed by atoms with E-state index in [-0.39, 0.29) is 24.0 Å². The molecule has 0 spiro atoms. The molecule has 45 heavy (non-hydrogen) atoms. The van der Waals surface area contributed by atoms with Crippen molar-refractivity contribution in [2.24, 2.45) is 0 Å². The number of imidazole rings is 1. The molecule has 5 aromatic rings. The zero-order chi connectivity index (χ0) is 31.7. The number of aromatic nitrogens is 5. The fraction of sp³-hybridized carbons (Fsp3) is 0.267. The van der Waals surface area contributed by atoms with Crippen molar-refractivity contribution in [2.75, 3.05) is 11.9 Å². The molecule has 9 nitrogen and oxygen atoms in total. The highest BCUT2D eigenvalue weighted by molar-refractivity contribution is 6.20. The van der Waals surface area contributed by atoms with E-state index in [1.54, 1.807) is 18.3 Å². The number of rotatable bonds is 6. The number of nitrogens with one attached hydrogen (secondary N) is 1. The molecular weight excluding hydrogens is 623 g/mol. The number of anilines is 1. The number of hydrogen-bond acceptors (Lipinski definition) is 6. The normalized spacial score (nSPS) is 15.9. The van der Waals surface area contributed by atoms with E-state index in [1.165, 1.54) is 30.5 Å². The summed E-state index contributed by atoms with van der Waals surface area (Å²) in [5, 5.41) is 6.95. The maximum absolute atomic E-state index is 13.5. The van der Waals surface area contributed by atoms with Crippen LogP contribution in [0.3, 0.4) is 0 Å². The molecule has 15 heteroatoms. The van der Waals surface area contributed by atoms with Gasteiger partial charge in [-0.1, -0.05) is 0 Å². The lowest BCUT2D eigenvalue weighted by Crippen LogP contribution is -2.21. The third kappa shape index (κ3) is 5.71. The maximum atomic E-state index is 13.5. The average molecular weight is 645 g/mol. The minimum absolute atomic E-state index is 0.0645. The summed E-state index contributed by atoms with van der Waals surface area (Å²) >= 11 is 4.82. The number of fused-ring (bicyclic) bond motifs is 6. The van der Waals surface area contributed by atoms with Crippen LogP contribution in [-0.2, 0) is 24.3 Å². The van der Waals surface area contributed by atoms with Gasteiger partial charge in [-0.2, -0.15) is 18.3 Å². The minimum Gasteiger partial charge on any atom is -0.420 e. The van der Waals surface area contributed by atoms with Crippen LogP contribution < -0.4 is 10.1 Å². The molecule has 1 aliphatic carbocycles. The molecule has 2 aliphatic rings. The summed E-state index contributed by atoms with van der Waals surface area (Å²) in [4.78, 5) is 22.8. The van der Waals surface area contributed by atoms with Gasteiger partial charge in [0.1, 0.15) is 24.7 Å². The summed E-state index contributed by atoms with van der Waals surface area (Å²) in [6.07, 6.45) is -1.00. The molecule has 0 radical (unpaired) electrons. The first kappa shape index (κ1) is 29.2. The van der Waals surface area contributed by atoms with Gasteiger partial charge in [-0.05, 0) is 49.4 Å². The lowest BCUT2D eigenvalue weighted by atomic mass is 9.99. The molecular formula is C30H22ClF5N6O3. The predicted octanol–water partition coefficient (Wildman–Crippen LogP) is 6.94. The van der Waals surface area contributed by atoms with Crippen molar-refractivity contribution >= 4 is 34.2 Å². The van der Waals surface area contributed by atoms with Crippen molar-refractivity contribution in [3.05, 3.63) is 77.5 Å². The smallest absolute Gasteiger partial charge is 0.420 e. The van der Waals surface area contributed by atoms with Crippen molar-refractivity contribution in [3.8, 4) is 28.1 Å². The van der Waals surface area contributed by atoms with Crippen LogP contribution in [0.5, 0.6) is 5.75 Å². The number of nitrogens with zero attached hydrogens (tertiary/aromatic N) is 5. The van der Waals surface area contributed by atoms with E-state index in [0.29, 0.717) is 63.7 Å². The van der Waals surface area contributed by atoms with E-state index in [0.717, 1.165) is 10.2 Å². The Balaban J connectivity index is 1.29. The average Bonchev–Trinajstić information content (AvgIpc) is 3.62. The number of pyridine rings is 1. The first-order valence-corrected chi connectivity index (χ1v) is 14.1. The number of carbonyl (C=O) groups excluding carboxylic acids is 1. The Labute approximate surface area is 256 Å². The Hall–Kier alpha value is -4.56. The second kappa shape index (κ2) is 10.5. The standard InChI is InChI=1S/C30H22ClF5N6O3/c1-15-12-44-13-25-39-24-8-16(28(43)38-19-2-4-20(5-3-19)45-30(31,35)36)6-21(27(24)42(15)25)17-7-22-23(37-10-17)9-18-11-41(40-26(18)22)14-29(32,33)34/h2-8,10-11,15H,9,12-14H2,1H3,(H,38,43)/t15-/m1/s1. The lowest BCUT2D eigenvalue weighted by Gasteiger charge is -2.23. The van der Waals surface area contributed by atoms with E-state index in [9.17, 15) is 26.7 Å². The Bertz CT molecular complexity index is 1970. The number of benzene rings is 2. The van der Waals surface area contributed by atoms with E-state index < -0.39 is 24.2 Å². The Morgan fingerprint density at radius 3 is 2.64 bits per heavy atom. The van der Waals surface area contributed by atoms with Gasteiger partial charge < -0.3 is 19.4 Å². The summed E-state index contributed by atoms with van der Waals surface area (Å²) in [5.74, 6) is -0.00394. The summed E-state index contributed by atoms with van der Waals surface area (Å²) in [6.45, 7) is 1.52. The van der Waals surface area contributed by atoms with Gasteiger partial charge in [0.25, 0.3) is 5.91 Å². The van der Waals surface area contributed by atoms with E-state index in [2.05, 4.69) is 24.7 Å². The van der Waals surface area contributed by atoms with Gasteiger partial charge in [-0.15, -0.1) is 8.78 Å². The van der Waals surface area contributed by atoms with Crippen LogP contribution in [0, 0.1) is 0 Å². The Morgan fingerprint density at radius 2 is 1.91 bits per heavy atom. The third-order valence-corrected chi connectivity index (χ3v) is 7.65. The van der Waals surface area contributed by atoms with Gasteiger partial charge in [0.05, 0.1) is 35.1 Å². The molecule has 0 saturated carbocycles.